The number of piperidine rings is 1. The summed E-state index contributed by atoms with van der Waals surface area (Å²) in [5.74, 6) is 6.80. The van der Waals surface area contributed by atoms with Gasteiger partial charge in [0.05, 0.1) is 24.1 Å². The molecule has 2 fully saturated rings. The Kier molecular flexibility index (Phi) is 14.1. The van der Waals surface area contributed by atoms with Crippen LogP contribution in [0.15, 0.2) is 31.1 Å². The number of hydrogen-bond donors (Lipinski definition) is 1. The van der Waals surface area contributed by atoms with Gasteiger partial charge >= 0.3 is 6.09 Å². The van der Waals surface area contributed by atoms with Crippen LogP contribution in [0.2, 0.25) is 51.4 Å². The van der Waals surface area contributed by atoms with Gasteiger partial charge in [-0.2, -0.15) is 9.61 Å². The predicted molar refractivity (Wildman–Crippen MR) is 228 cm³/mol. The van der Waals surface area contributed by atoms with Crippen molar-refractivity contribution in [2.75, 3.05) is 44.8 Å². The Morgan fingerprint density at radius 3 is 2.14 bits per heavy atom. The molecule has 5 heterocycles. The Bertz CT molecular complexity index is 1850. The minimum Gasteiger partial charge on any atom is -0.494 e. The fourth-order valence-electron chi connectivity index (χ4n) is 7.34. The number of aromatic nitrogens is 4. The minimum absolute atomic E-state index is 0.00150. The second-order valence-electron chi connectivity index (χ2n) is 18.4. The zero-order valence-corrected chi connectivity index (χ0v) is 37.4. The quantitative estimate of drug-likeness (QED) is 0.0498. The number of amides is 1. The van der Waals surface area contributed by atoms with E-state index in [-0.39, 0.29) is 44.2 Å². The molecule has 0 aromatic carbocycles. The number of nitrogens with zero attached hydrogens (tertiary/aromatic N) is 6. The van der Waals surface area contributed by atoms with E-state index < -0.39 is 21.7 Å². The monoisotopic (exact) mass is 804 g/mol. The standard InChI is InChI=1S/C42H64N6O6Si2/c1-12-53-30(2)37-38(32-24-34-17-18-35(25-32)47(34)41(50)54-42(3,4)5)45-39-36(31-15-16-33(43-26-31)14-13-19-49)27-44-48(39)40(37)46(28-51-20-22-55(6,7)8)29-52-21-23-56(9,10)11/h15-16,26-27,32,34-35,49H,2,12,17-25,28-29H2,1,3-11H3/t32-,34+,35-. The number of carbonyl (C=O) groups is 1. The largest absolute Gasteiger partial charge is 0.494 e. The van der Waals surface area contributed by atoms with Crippen molar-refractivity contribution in [3.63, 3.8) is 0 Å². The highest BCUT2D eigenvalue weighted by Gasteiger charge is 2.46. The van der Waals surface area contributed by atoms with Crippen LogP contribution in [0.3, 0.4) is 0 Å². The van der Waals surface area contributed by atoms with Crippen LogP contribution in [0.4, 0.5) is 10.6 Å². The Balaban J connectivity index is 1.67. The topological polar surface area (TPSA) is 124 Å². The molecule has 2 saturated heterocycles. The number of ether oxygens (including phenoxy) is 4. The smallest absolute Gasteiger partial charge is 0.410 e. The number of anilines is 1. The van der Waals surface area contributed by atoms with Gasteiger partial charge in [-0.15, -0.1) is 0 Å². The van der Waals surface area contributed by atoms with E-state index in [1.54, 1.807) is 6.20 Å². The van der Waals surface area contributed by atoms with E-state index >= 15 is 0 Å². The van der Waals surface area contributed by atoms with E-state index in [2.05, 4.69) is 67.6 Å². The molecule has 56 heavy (non-hydrogen) atoms. The Hall–Kier alpha value is -3.75. The summed E-state index contributed by atoms with van der Waals surface area (Å²) in [5.41, 5.74) is 3.93. The van der Waals surface area contributed by atoms with Crippen LogP contribution < -0.4 is 4.90 Å². The molecule has 2 aliphatic heterocycles. The Labute approximate surface area is 336 Å². The molecule has 1 amide bonds. The zero-order chi connectivity index (χ0) is 40.8. The lowest BCUT2D eigenvalue weighted by Gasteiger charge is -2.40. The van der Waals surface area contributed by atoms with Gasteiger partial charge in [-0.05, 0) is 83.5 Å². The number of fused-ring (bicyclic) bond motifs is 3. The van der Waals surface area contributed by atoms with Crippen LogP contribution in [0.1, 0.15) is 76.2 Å². The summed E-state index contributed by atoms with van der Waals surface area (Å²) in [7, 11) is -2.70. The molecule has 12 nitrogen and oxygen atoms in total. The molecular weight excluding hydrogens is 741 g/mol. The number of aliphatic hydroxyl groups is 1. The molecule has 3 aromatic heterocycles. The lowest BCUT2D eigenvalue weighted by atomic mass is 9.85. The molecule has 2 bridgehead atoms. The summed E-state index contributed by atoms with van der Waals surface area (Å²) in [5, 5.41) is 14.2. The van der Waals surface area contributed by atoms with Crippen LogP contribution in [0.5, 0.6) is 0 Å². The molecule has 5 rings (SSSR count). The van der Waals surface area contributed by atoms with Gasteiger partial charge in [0.15, 0.2) is 5.65 Å². The fourth-order valence-corrected chi connectivity index (χ4v) is 8.85. The highest BCUT2D eigenvalue weighted by atomic mass is 28.3. The first-order chi connectivity index (χ1) is 26.4. The van der Waals surface area contributed by atoms with E-state index in [0.717, 1.165) is 66.0 Å². The minimum atomic E-state index is -1.35. The third kappa shape index (κ3) is 11.2. The molecular formula is C42H64N6O6Si2. The highest BCUT2D eigenvalue weighted by molar-refractivity contribution is 6.76. The second kappa shape index (κ2) is 18.2. The van der Waals surface area contributed by atoms with Gasteiger partial charge in [0.25, 0.3) is 0 Å². The lowest BCUT2D eigenvalue weighted by Crippen LogP contribution is -2.48. The number of hydrogen-bond acceptors (Lipinski definition) is 10. The van der Waals surface area contributed by atoms with Gasteiger partial charge in [0.1, 0.15) is 42.9 Å². The van der Waals surface area contributed by atoms with Gasteiger partial charge in [-0.25, -0.2) is 14.8 Å². The van der Waals surface area contributed by atoms with Crippen molar-refractivity contribution in [3.05, 3.63) is 48.1 Å². The molecule has 0 aliphatic carbocycles. The summed E-state index contributed by atoms with van der Waals surface area (Å²) in [4.78, 5) is 27.6. The summed E-state index contributed by atoms with van der Waals surface area (Å²) >= 11 is 0. The molecule has 0 spiro atoms. The third-order valence-corrected chi connectivity index (χ3v) is 13.5. The molecule has 2 aliphatic rings. The van der Waals surface area contributed by atoms with Crippen molar-refractivity contribution in [2.24, 2.45) is 0 Å². The Morgan fingerprint density at radius 2 is 1.62 bits per heavy atom. The van der Waals surface area contributed by atoms with Crippen LogP contribution in [-0.4, -0.2) is 109 Å². The number of rotatable bonds is 16. The van der Waals surface area contributed by atoms with E-state index in [0.29, 0.717) is 36.9 Å². The maximum atomic E-state index is 13.5. The molecule has 0 saturated carbocycles. The highest BCUT2D eigenvalue weighted by Crippen LogP contribution is 2.47. The van der Waals surface area contributed by atoms with Gasteiger partial charge in [-0.1, -0.05) is 51.8 Å². The summed E-state index contributed by atoms with van der Waals surface area (Å²) in [6.45, 7) is 28.3. The normalized spacial score (nSPS) is 18.5. The van der Waals surface area contributed by atoms with Gasteiger partial charge < -0.3 is 33.9 Å². The zero-order valence-electron chi connectivity index (χ0n) is 35.4. The molecule has 1 N–H and O–H groups in total. The summed E-state index contributed by atoms with van der Waals surface area (Å²) in [6.07, 6.45) is 6.62. The summed E-state index contributed by atoms with van der Waals surface area (Å²) in [6, 6.07) is 5.90. The van der Waals surface area contributed by atoms with Crippen molar-refractivity contribution in [1.82, 2.24) is 24.5 Å². The average Bonchev–Trinajstić information content (AvgIpc) is 3.65. The van der Waals surface area contributed by atoms with Crippen molar-refractivity contribution in [1.29, 1.82) is 0 Å². The van der Waals surface area contributed by atoms with Crippen LogP contribution >= 0.6 is 0 Å². The van der Waals surface area contributed by atoms with Gasteiger partial charge in [0, 0.05) is 64.7 Å². The van der Waals surface area contributed by atoms with E-state index in [1.165, 1.54) is 0 Å². The van der Waals surface area contributed by atoms with Crippen LogP contribution in [-0.2, 0) is 18.9 Å². The van der Waals surface area contributed by atoms with Crippen molar-refractivity contribution < 1.29 is 28.8 Å². The lowest BCUT2D eigenvalue weighted by molar-refractivity contribution is 0.00566. The fraction of sp³-hybridized carbons (Fsp3) is 0.619. The van der Waals surface area contributed by atoms with Crippen molar-refractivity contribution in [2.45, 2.75) is 128 Å². The van der Waals surface area contributed by atoms with Crippen LogP contribution in [0, 0.1) is 11.8 Å². The first-order valence-corrected chi connectivity index (χ1v) is 27.5. The Morgan fingerprint density at radius 1 is 1.00 bits per heavy atom. The SMILES string of the molecule is C=C(OCC)c1c([C@H]2C[C@H]3CC[C@@H](C2)N3C(=O)OC(C)(C)C)nc2c(-c3ccc(C#CCO)nc3)cnn2c1N(COCC[Si](C)(C)C)COCC[Si](C)(C)C. The molecule has 14 heteroatoms. The number of pyridine rings is 1. The van der Waals surface area contributed by atoms with Gasteiger partial charge in [0.2, 0.25) is 0 Å². The predicted octanol–water partition coefficient (Wildman–Crippen LogP) is 8.22. The van der Waals surface area contributed by atoms with Gasteiger partial charge in [-0.3, -0.25) is 0 Å². The average molecular weight is 805 g/mol. The third-order valence-electron chi connectivity index (χ3n) is 10.1. The molecule has 0 unspecified atom stereocenters. The summed E-state index contributed by atoms with van der Waals surface area (Å²) < 4.78 is 27.0. The van der Waals surface area contributed by atoms with Crippen molar-refractivity contribution >= 4 is 39.5 Å². The molecule has 3 aromatic rings. The van der Waals surface area contributed by atoms with Crippen LogP contribution in [0.25, 0.3) is 22.5 Å². The van der Waals surface area contributed by atoms with E-state index in [9.17, 15) is 9.90 Å². The molecule has 306 valence electrons. The van der Waals surface area contributed by atoms with E-state index in [1.807, 2.05) is 55.4 Å². The first-order valence-electron chi connectivity index (χ1n) is 20.1. The van der Waals surface area contributed by atoms with Crippen molar-refractivity contribution in [3.8, 4) is 23.0 Å². The van der Waals surface area contributed by atoms with E-state index in [4.69, 9.17) is 29.0 Å². The first kappa shape index (κ1) is 43.4. The molecule has 0 radical (unpaired) electrons. The number of carbonyl (C=O) groups excluding carboxylic acids is 1. The number of aliphatic hydroxyl groups excluding tert-OH is 1. The second-order valence-corrected chi connectivity index (χ2v) is 29.7. The maximum absolute atomic E-state index is 13.5. The molecule has 3 atom stereocenters. The maximum Gasteiger partial charge on any atom is 0.410 e.